The van der Waals surface area contributed by atoms with E-state index in [9.17, 15) is 18.4 Å². The predicted octanol–water partition coefficient (Wildman–Crippen LogP) is 2.24. The third kappa shape index (κ3) is 3.32. The van der Waals surface area contributed by atoms with E-state index in [0.717, 1.165) is 12.1 Å². The molecule has 1 aliphatic heterocycles. The van der Waals surface area contributed by atoms with Crippen LogP contribution in [-0.2, 0) is 4.79 Å². The summed E-state index contributed by atoms with van der Waals surface area (Å²) in [7, 11) is 0. The van der Waals surface area contributed by atoms with E-state index in [1.54, 1.807) is 24.5 Å². The molecule has 2 aromatic rings. The van der Waals surface area contributed by atoms with Crippen molar-refractivity contribution in [1.82, 2.24) is 9.88 Å². The maximum Gasteiger partial charge on any atom is 0.325 e. The molecule has 1 aromatic heterocycles. The molecule has 8 heteroatoms. The number of hydrogen-bond acceptors (Lipinski definition) is 3. The number of nitrogens with zero attached hydrogens (tertiary/aromatic N) is 3. The highest BCUT2D eigenvalue weighted by Gasteiger charge is 2.31. The van der Waals surface area contributed by atoms with Gasteiger partial charge in [-0.25, -0.2) is 13.6 Å². The Balaban J connectivity index is 1.63. The van der Waals surface area contributed by atoms with Crippen LogP contribution in [0.25, 0.3) is 0 Å². The van der Waals surface area contributed by atoms with Gasteiger partial charge in [0.2, 0.25) is 5.91 Å². The van der Waals surface area contributed by atoms with E-state index in [1.807, 2.05) is 0 Å². The topological polar surface area (TPSA) is 65.5 Å². The van der Waals surface area contributed by atoms with Crippen LogP contribution in [0.2, 0.25) is 0 Å². The first-order valence-electron chi connectivity index (χ1n) is 7.26. The van der Waals surface area contributed by atoms with Crippen molar-refractivity contribution in [2.75, 3.05) is 29.9 Å². The van der Waals surface area contributed by atoms with Gasteiger partial charge in [0, 0.05) is 42.9 Å². The first-order valence-corrected chi connectivity index (χ1v) is 7.26. The fourth-order valence-corrected chi connectivity index (χ4v) is 2.43. The predicted molar refractivity (Wildman–Crippen MR) is 83.5 cm³/mol. The van der Waals surface area contributed by atoms with Crippen molar-refractivity contribution in [3.8, 4) is 0 Å². The van der Waals surface area contributed by atoms with Crippen LogP contribution in [-0.4, -0.2) is 41.5 Å². The van der Waals surface area contributed by atoms with Crippen LogP contribution in [0.15, 0.2) is 42.7 Å². The van der Waals surface area contributed by atoms with Gasteiger partial charge in [0.05, 0.1) is 0 Å². The molecule has 3 amide bonds. The molecule has 1 N–H and O–H groups in total. The summed E-state index contributed by atoms with van der Waals surface area (Å²) in [4.78, 5) is 30.8. The fourth-order valence-electron chi connectivity index (χ4n) is 2.43. The third-order valence-corrected chi connectivity index (χ3v) is 3.61. The molecule has 1 fully saturated rings. The molecule has 124 valence electrons. The molecule has 1 aromatic carbocycles. The standard InChI is InChI=1S/C16H14F2N4O2/c17-13-2-1-12(9-14(13)18)22-8-7-21(16(22)24)10-15(23)20-11-3-5-19-6-4-11/h1-6,9H,7-8,10H2,(H,19,20,23). The number of benzene rings is 1. The zero-order valence-electron chi connectivity index (χ0n) is 12.6. The number of anilines is 2. The second-order valence-corrected chi connectivity index (χ2v) is 5.24. The molecule has 0 spiro atoms. The normalized spacial score (nSPS) is 14.2. The zero-order chi connectivity index (χ0) is 17.1. The molecule has 3 rings (SSSR count). The van der Waals surface area contributed by atoms with E-state index in [1.165, 1.54) is 15.9 Å². The molecule has 0 unspecified atom stereocenters. The van der Waals surface area contributed by atoms with Gasteiger partial charge >= 0.3 is 6.03 Å². The number of halogens is 2. The molecule has 6 nitrogen and oxygen atoms in total. The van der Waals surface area contributed by atoms with Gasteiger partial charge in [-0.3, -0.25) is 14.7 Å². The van der Waals surface area contributed by atoms with Crippen LogP contribution in [0.3, 0.4) is 0 Å². The molecule has 0 saturated carbocycles. The lowest BCUT2D eigenvalue weighted by Gasteiger charge is -2.18. The third-order valence-electron chi connectivity index (χ3n) is 3.61. The fraction of sp³-hybridized carbons (Fsp3) is 0.188. The second kappa shape index (κ2) is 6.61. The minimum absolute atomic E-state index is 0.124. The van der Waals surface area contributed by atoms with Crippen molar-refractivity contribution in [2.24, 2.45) is 0 Å². The number of urea groups is 1. The molecule has 2 heterocycles. The maximum absolute atomic E-state index is 13.3. The molecular weight excluding hydrogens is 318 g/mol. The number of aromatic nitrogens is 1. The number of pyridine rings is 1. The first kappa shape index (κ1) is 15.9. The van der Waals surface area contributed by atoms with Crippen LogP contribution in [0, 0.1) is 11.6 Å². The molecule has 1 saturated heterocycles. The Morgan fingerprint density at radius 2 is 1.88 bits per heavy atom. The number of hydrogen-bond donors (Lipinski definition) is 1. The number of carbonyl (C=O) groups excluding carboxylic acids is 2. The van der Waals surface area contributed by atoms with Gasteiger partial charge in [0.25, 0.3) is 0 Å². The Hall–Kier alpha value is -3.03. The minimum Gasteiger partial charge on any atom is -0.324 e. The van der Waals surface area contributed by atoms with Crippen LogP contribution < -0.4 is 10.2 Å². The Kier molecular flexibility index (Phi) is 4.37. The lowest BCUT2D eigenvalue weighted by molar-refractivity contribution is -0.116. The summed E-state index contributed by atoms with van der Waals surface area (Å²) in [6, 6.07) is 6.11. The van der Waals surface area contributed by atoms with Crippen molar-refractivity contribution in [1.29, 1.82) is 0 Å². The largest absolute Gasteiger partial charge is 0.325 e. The number of nitrogens with one attached hydrogen (secondary N) is 1. The van der Waals surface area contributed by atoms with E-state index in [0.29, 0.717) is 18.8 Å². The maximum atomic E-state index is 13.3. The van der Waals surface area contributed by atoms with Gasteiger partial charge in [-0.05, 0) is 24.3 Å². The molecule has 0 bridgehead atoms. The van der Waals surface area contributed by atoms with Crippen LogP contribution in [0.1, 0.15) is 0 Å². The Labute approximate surface area is 136 Å². The van der Waals surface area contributed by atoms with Gasteiger partial charge < -0.3 is 10.2 Å². The quantitative estimate of drug-likeness (QED) is 0.934. The Morgan fingerprint density at radius 1 is 1.12 bits per heavy atom. The number of carbonyl (C=O) groups is 2. The molecule has 1 aliphatic rings. The second-order valence-electron chi connectivity index (χ2n) is 5.24. The van der Waals surface area contributed by atoms with Crippen LogP contribution >= 0.6 is 0 Å². The summed E-state index contributed by atoms with van der Waals surface area (Å²) >= 11 is 0. The van der Waals surface area contributed by atoms with Gasteiger partial charge in [-0.15, -0.1) is 0 Å². The van der Waals surface area contributed by atoms with Crippen molar-refractivity contribution >= 4 is 23.3 Å². The minimum atomic E-state index is -1.02. The highest BCUT2D eigenvalue weighted by molar-refractivity contribution is 5.99. The Morgan fingerprint density at radius 3 is 2.58 bits per heavy atom. The molecule has 0 atom stereocenters. The first-order chi connectivity index (χ1) is 11.5. The summed E-state index contributed by atoms with van der Waals surface area (Å²) in [6.45, 7) is 0.495. The summed E-state index contributed by atoms with van der Waals surface area (Å²) in [5, 5.41) is 2.66. The van der Waals surface area contributed by atoms with Crippen molar-refractivity contribution in [3.05, 3.63) is 54.4 Å². The summed E-state index contributed by atoms with van der Waals surface area (Å²) < 4.78 is 26.3. The number of amides is 3. The van der Waals surface area contributed by atoms with E-state index in [4.69, 9.17) is 0 Å². The molecule has 24 heavy (non-hydrogen) atoms. The van der Waals surface area contributed by atoms with Gasteiger partial charge in [-0.2, -0.15) is 0 Å². The number of rotatable bonds is 4. The smallest absolute Gasteiger partial charge is 0.324 e. The van der Waals surface area contributed by atoms with Crippen molar-refractivity contribution in [3.63, 3.8) is 0 Å². The van der Waals surface area contributed by atoms with E-state index < -0.39 is 17.7 Å². The molecule has 0 aliphatic carbocycles. The Bertz CT molecular complexity index is 770. The zero-order valence-corrected chi connectivity index (χ0v) is 12.6. The average molecular weight is 332 g/mol. The highest BCUT2D eigenvalue weighted by Crippen LogP contribution is 2.22. The SMILES string of the molecule is O=C(CN1CCN(c2ccc(F)c(F)c2)C1=O)Nc1ccncc1. The summed E-state index contributed by atoms with van der Waals surface area (Å²) in [5.41, 5.74) is 0.843. The van der Waals surface area contributed by atoms with E-state index >= 15 is 0 Å². The van der Waals surface area contributed by atoms with Gasteiger partial charge in [0.1, 0.15) is 6.54 Å². The highest BCUT2D eigenvalue weighted by atomic mass is 19.2. The van der Waals surface area contributed by atoms with Crippen molar-refractivity contribution in [2.45, 2.75) is 0 Å². The van der Waals surface area contributed by atoms with Crippen molar-refractivity contribution < 1.29 is 18.4 Å². The van der Waals surface area contributed by atoms with Gasteiger partial charge in [0.15, 0.2) is 11.6 Å². The summed E-state index contributed by atoms with van der Waals surface area (Å²) in [5.74, 6) is -2.34. The van der Waals surface area contributed by atoms with Crippen LogP contribution in [0.5, 0.6) is 0 Å². The average Bonchev–Trinajstić information content (AvgIpc) is 2.92. The lowest BCUT2D eigenvalue weighted by Crippen LogP contribution is -2.37. The van der Waals surface area contributed by atoms with Gasteiger partial charge in [-0.1, -0.05) is 0 Å². The molecular formula is C16H14F2N4O2. The summed E-state index contributed by atoms with van der Waals surface area (Å²) in [6.07, 6.45) is 3.09. The lowest BCUT2D eigenvalue weighted by atomic mass is 10.3. The van der Waals surface area contributed by atoms with Crippen LogP contribution in [0.4, 0.5) is 25.0 Å². The van der Waals surface area contributed by atoms with E-state index in [2.05, 4.69) is 10.3 Å². The van der Waals surface area contributed by atoms with E-state index in [-0.39, 0.29) is 18.1 Å². The monoisotopic (exact) mass is 332 g/mol. The molecule has 0 radical (unpaired) electrons.